The predicted molar refractivity (Wildman–Crippen MR) is 103 cm³/mol. The van der Waals surface area contributed by atoms with Crippen molar-refractivity contribution in [3.8, 4) is 5.75 Å². The first-order valence-corrected chi connectivity index (χ1v) is 11.0. The van der Waals surface area contributed by atoms with E-state index in [9.17, 15) is 8.42 Å². The highest BCUT2D eigenvalue weighted by Gasteiger charge is 2.25. The molecule has 1 heterocycles. The Balaban J connectivity index is 1.40. The van der Waals surface area contributed by atoms with Crippen LogP contribution >= 0.6 is 0 Å². The summed E-state index contributed by atoms with van der Waals surface area (Å²) in [4.78, 5) is 5.41. The minimum absolute atomic E-state index is 0.290. The number of nitrogens with zero attached hydrogens (tertiary/aromatic N) is 3. The lowest BCUT2D eigenvalue weighted by atomic mass is 10.2. The van der Waals surface area contributed by atoms with Gasteiger partial charge in [0.2, 0.25) is 10.0 Å². The van der Waals surface area contributed by atoms with Crippen molar-refractivity contribution in [2.75, 3.05) is 53.4 Å². The molecule has 0 spiro atoms. The number of hydrogen-bond acceptors (Lipinski definition) is 5. The van der Waals surface area contributed by atoms with Crippen LogP contribution in [0.3, 0.4) is 0 Å². The van der Waals surface area contributed by atoms with Crippen molar-refractivity contribution in [3.05, 3.63) is 24.3 Å². The molecule has 1 aliphatic heterocycles. The molecule has 2 fully saturated rings. The molecule has 3 rings (SSSR count). The number of ether oxygens (including phenoxy) is 1. The zero-order chi connectivity index (χ0) is 18.6. The Morgan fingerprint density at radius 2 is 1.65 bits per heavy atom. The van der Waals surface area contributed by atoms with Gasteiger partial charge >= 0.3 is 0 Å². The fourth-order valence-electron chi connectivity index (χ4n) is 3.83. The molecule has 1 aromatic carbocycles. The number of piperazine rings is 1. The van der Waals surface area contributed by atoms with Crippen molar-refractivity contribution in [3.63, 3.8) is 0 Å². The summed E-state index contributed by atoms with van der Waals surface area (Å²) in [6.45, 7) is 6.10. The average Bonchev–Trinajstić information content (AvgIpc) is 3.17. The number of rotatable bonds is 7. The Bertz CT molecular complexity index is 662. The molecule has 146 valence electrons. The minimum atomic E-state index is -3.38. The van der Waals surface area contributed by atoms with Gasteiger partial charge in [-0.05, 0) is 37.1 Å². The summed E-state index contributed by atoms with van der Waals surface area (Å²) in [5.74, 6) is 0.715. The average molecular weight is 382 g/mol. The summed E-state index contributed by atoms with van der Waals surface area (Å²) in [6, 6.07) is 7.49. The van der Waals surface area contributed by atoms with E-state index in [1.54, 1.807) is 24.3 Å². The highest BCUT2D eigenvalue weighted by Crippen LogP contribution is 2.24. The highest BCUT2D eigenvalue weighted by atomic mass is 32.2. The van der Waals surface area contributed by atoms with Gasteiger partial charge in [-0.1, -0.05) is 12.8 Å². The van der Waals surface area contributed by atoms with Crippen LogP contribution in [0.2, 0.25) is 0 Å². The maximum absolute atomic E-state index is 12.1. The van der Waals surface area contributed by atoms with E-state index in [2.05, 4.69) is 9.80 Å². The lowest BCUT2D eigenvalue weighted by molar-refractivity contribution is 0.0881. The first-order chi connectivity index (χ1) is 12.5. The molecule has 6 nitrogen and oxygen atoms in total. The van der Waals surface area contributed by atoms with Gasteiger partial charge in [0.1, 0.15) is 12.4 Å². The van der Waals surface area contributed by atoms with E-state index in [1.807, 2.05) is 0 Å². The molecule has 0 bridgehead atoms. The van der Waals surface area contributed by atoms with Crippen LogP contribution in [0.4, 0.5) is 0 Å². The van der Waals surface area contributed by atoms with Crippen LogP contribution in [-0.4, -0.2) is 82.0 Å². The van der Waals surface area contributed by atoms with E-state index in [-0.39, 0.29) is 4.90 Å². The van der Waals surface area contributed by atoms with Crippen LogP contribution in [-0.2, 0) is 10.0 Å². The first-order valence-electron chi connectivity index (χ1n) is 9.58. The first kappa shape index (κ1) is 19.6. The smallest absolute Gasteiger partial charge is 0.242 e. The summed E-state index contributed by atoms with van der Waals surface area (Å²) in [7, 11) is -0.311. The number of hydrogen-bond donors (Lipinski definition) is 0. The summed E-state index contributed by atoms with van der Waals surface area (Å²) in [5, 5.41) is 0. The van der Waals surface area contributed by atoms with E-state index in [1.165, 1.54) is 57.2 Å². The zero-order valence-corrected chi connectivity index (χ0v) is 16.7. The van der Waals surface area contributed by atoms with Gasteiger partial charge in [0.15, 0.2) is 0 Å². The Hall–Kier alpha value is -1.15. The maximum atomic E-state index is 12.1. The van der Waals surface area contributed by atoms with Gasteiger partial charge < -0.3 is 4.74 Å². The molecular formula is C19H31N3O3S. The zero-order valence-electron chi connectivity index (χ0n) is 15.9. The van der Waals surface area contributed by atoms with E-state index >= 15 is 0 Å². The molecule has 0 aromatic heterocycles. The largest absolute Gasteiger partial charge is 0.492 e. The van der Waals surface area contributed by atoms with Crippen LogP contribution in [0, 0.1) is 0 Å². The third kappa shape index (κ3) is 4.76. The molecule has 7 heteroatoms. The molecule has 0 atom stereocenters. The molecule has 0 amide bonds. The standard InChI is InChI=1S/C19H31N3O3S/c1-20(2)26(23,24)19-9-7-18(8-10-19)25-16-15-21-11-13-22(14-12-21)17-5-3-4-6-17/h7-10,17H,3-6,11-16H2,1-2H3. The van der Waals surface area contributed by atoms with Crippen molar-refractivity contribution in [1.29, 1.82) is 0 Å². The van der Waals surface area contributed by atoms with Crippen LogP contribution in [0.15, 0.2) is 29.2 Å². The third-order valence-electron chi connectivity index (χ3n) is 5.53. The SMILES string of the molecule is CN(C)S(=O)(=O)c1ccc(OCCN2CCN(C3CCCC3)CC2)cc1. The van der Waals surface area contributed by atoms with Crippen LogP contribution < -0.4 is 4.74 Å². The number of sulfonamides is 1. The van der Waals surface area contributed by atoms with E-state index < -0.39 is 10.0 Å². The molecule has 0 unspecified atom stereocenters. The van der Waals surface area contributed by atoms with E-state index in [0.29, 0.717) is 12.4 Å². The second-order valence-electron chi connectivity index (χ2n) is 7.42. The normalized spacial score (nSPS) is 20.7. The van der Waals surface area contributed by atoms with Gasteiger partial charge in [-0.15, -0.1) is 0 Å². The second kappa shape index (κ2) is 8.69. The Labute approximate surface area is 157 Å². The van der Waals surface area contributed by atoms with Gasteiger partial charge in [-0.3, -0.25) is 9.80 Å². The molecule has 1 aromatic rings. The van der Waals surface area contributed by atoms with Crippen molar-refractivity contribution in [2.24, 2.45) is 0 Å². The maximum Gasteiger partial charge on any atom is 0.242 e. The second-order valence-corrected chi connectivity index (χ2v) is 9.58. The summed E-state index contributed by atoms with van der Waals surface area (Å²) >= 11 is 0. The summed E-state index contributed by atoms with van der Waals surface area (Å²) < 4.78 is 31.1. The van der Waals surface area contributed by atoms with Crippen LogP contribution in [0.5, 0.6) is 5.75 Å². The summed E-state index contributed by atoms with van der Waals surface area (Å²) in [6.07, 6.45) is 5.55. The Morgan fingerprint density at radius 3 is 2.23 bits per heavy atom. The molecule has 0 radical (unpaired) electrons. The van der Waals surface area contributed by atoms with Gasteiger partial charge in [0.25, 0.3) is 0 Å². The lowest BCUT2D eigenvalue weighted by Gasteiger charge is -2.38. The molecule has 26 heavy (non-hydrogen) atoms. The molecule has 2 aliphatic rings. The molecule has 1 saturated heterocycles. The topological polar surface area (TPSA) is 53.1 Å². The third-order valence-corrected chi connectivity index (χ3v) is 7.36. The number of benzene rings is 1. The fraction of sp³-hybridized carbons (Fsp3) is 0.684. The van der Waals surface area contributed by atoms with E-state index in [0.717, 1.165) is 25.7 Å². The Kier molecular flexibility index (Phi) is 6.55. The van der Waals surface area contributed by atoms with Crippen LogP contribution in [0.1, 0.15) is 25.7 Å². The molecule has 0 N–H and O–H groups in total. The molecule has 1 saturated carbocycles. The quantitative estimate of drug-likeness (QED) is 0.722. The van der Waals surface area contributed by atoms with E-state index in [4.69, 9.17) is 4.74 Å². The van der Waals surface area contributed by atoms with Crippen molar-refractivity contribution >= 4 is 10.0 Å². The monoisotopic (exact) mass is 381 g/mol. The minimum Gasteiger partial charge on any atom is -0.492 e. The Morgan fingerprint density at radius 1 is 1.04 bits per heavy atom. The van der Waals surface area contributed by atoms with Crippen molar-refractivity contribution in [2.45, 2.75) is 36.6 Å². The van der Waals surface area contributed by atoms with Gasteiger partial charge in [-0.2, -0.15) is 0 Å². The lowest BCUT2D eigenvalue weighted by Crippen LogP contribution is -2.50. The molecular weight excluding hydrogens is 350 g/mol. The highest BCUT2D eigenvalue weighted by molar-refractivity contribution is 7.89. The summed E-state index contributed by atoms with van der Waals surface area (Å²) in [5.41, 5.74) is 0. The van der Waals surface area contributed by atoms with Gasteiger partial charge in [-0.25, -0.2) is 12.7 Å². The van der Waals surface area contributed by atoms with Gasteiger partial charge in [0, 0.05) is 52.9 Å². The molecule has 1 aliphatic carbocycles. The fourth-order valence-corrected chi connectivity index (χ4v) is 4.73. The van der Waals surface area contributed by atoms with Gasteiger partial charge in [0.05, 0.1) is 4.90 Å². The van der Waals surface area contributed by atoms with Crippen molar-refractivity contribution < 1.29 is 13.2 Å². The van der Waals surface area contributed by atoms with Crippen LogP contribution in [0.25, 0.3) is 0 Å². The van der Waals surface area contributed by atoms with Crippen molar-refractivity contribution in [1.82, 2.24) is 14.1 Å². The predicted octanol–water partition coefficient (Wildman–Crippen LogP) is 1.88.